The summed E-state index contributed by atoms with van der Waals surface area (Å²) in [4.78, 5) is 30.4. The number of fused-ring (bicyclic) bond motifs is 19. The molecule has 4 aromatic carbocycles. The van der Waals surface area contributed by atoms with Crippen molar-refractivity contribution in [2.45, 2.75) is 0 Å². The van der Waals surface area contributed by atoms with Crippen molar-refractivity contribution in [3.63, 3.8) is 0 Å². The average Bonchev–Trinajstić information content (AvgIpc) is 3.77. The fourth-order valence-electron chi connectivity index (χ4n) is 5.66. The number of hydrogen-bond acceptors (Lipinski definition) is 5. The van der Waals surface area contributed by atoms with E-state index in [9.17, 15) is 0 Å². The third-order valence-corrected chi connectivity index (χ3v) is 7.53. The summed E-state index contributed by atoms with van der Waals surface area (Å²) in [6, 6.07) is 32.4. The van der Waals surface area contributed by atoms with E-state index in [-0.39, 0.29) is 0 Å². The van der Waals surface area contributed by atoms with Crippen LogP contribution in [0, 0.1) is 0 Å². The number of H-pyrrole nitrogens is 3. The minimum absolute atomic E-state index is 0.312. The zero-order valence-corrected chi connectivity index (χ0v) is 23.5. The third kappa shape index (κ3) is 4.20. The van der Waals surface area contributed by atoms with Crippen molar-refractivity contribution in [1.29, 1.82) is 0 Å². The van der Waals surface area contributed by atoms with Crippen LogP contribution in [0.5, 0.6) is 0 Å². The Labute approximate surface area is 253 Å². The average molecular weight is 609 g/mol. The van der Waals surface area contributed by atoms with Crippen molar-refractivity contribution >= 4 is 67.3 Å². The molecule has 0 amide bonds. The molecule has 0 fully saturated rings. The van der Waals surface area contributed by atoms with Crippen molar-refractivity contribution in [2.24, 2.45) is 25.7 Å². The van der Waals surface area contributed by atoms with Crippen molar-refractivity contribution < 1.29 is 16.0 Å². The first-order valence-corrected chi connectivity index (χ1v) is 14.3. The van der Waals surface area contributed by atoms with Crippen LogP contribution in [0.15, 0.2) is 117 Å². The molecular formula is C33H23CuN9. The summed E-state index contributed by atoms with van der Waals surface area (Å²) in [6.45, 7) is 0. The van der Waals surface area contributed by atoms with E-state index < -0.39 is 0 Å². The largest absolute Gasteiger partial charge is 0.398 e. The van der Waals surface area contributed by atoms with Gasteiger partial charge in [-0.3, -0.25) is 0 Å². The molecule has 0 spiro atoms. The topological polar surface area (TPSA) is 137 Å². The van der Waals surface area contributed by atoms with Gasteiger partial charge in [0.25, 0.3) is 0 Å². The molecule has 3 aromatic heterocycles. The molecule has 0 radical (unpaired) electrons. The van der Waals surface area contributed by atoms with Gasteiger partial charge in [-0.15, -0.1) is 0 Å². The summed E-state index contributed by atoms with van der Waals surface area (Å²) >= 11 is 4.28. The second-order valence-electron chi connectivity index (χ2n) is 9.98. The standard InChI is InChI=1S/C32H19N8.CH4N.Cu/c1-2-10-18-17(9-1)25-33-26(18)38-28-21-13-5-6-14-22(21)30(35-28)40-32-24-16-8-7-15-23(24)31(36-32)39-29-20-12-4-3-11-19(20)27(34-29)37-25;1-2;/h1-16,33-34H,(H,35,36,38,39,40);1-2H2;/q-1;;+1. The van der Waals surface area contributed by atoms with E-state index in [1.54, 1.807) is 0 Å². The van der Waals surface area contributed by atoms with Crippen molar-refractivity contribution in [1.82, 2.24) is 15.0 Å². The second kappa shape index (κ2) is 10.2. The van der Waals surface area contributed by atoms with Gasteiger partial charge in [0.2, 0.25) is 0 Å². The summed E-state index contributed by atoms with van der Waals surface area (Å²) in [7, 11) is 0. The van der Waals surface area contributed by atoms with Gasteiger partial charge in [0, 0.05) is 44.3 Å². The van der Waals surface area contributed by atoms with E-state index in [2.05, 4.69) is 61.0 Å². The second-order valence-corrected chi connectivity index (χ2v) is 10.4. The zero-order chi connectivity index (χ0) is 28.9. The van der Waals surface area contributed by atoms with Gasteiger partial charge in [0.05, 0.1) is 11.6 Å². The van der Waals surface area contributed by atoms with Gasteiger partial charge < -0.3 is 20.3 Å². The smallest absolute Gasteiger partial charge is 0.164 e. The number of aromatic nitrogens is 3. The summed E-state index contributed by atoms with van der Waals surface area (Å²) in [6.07, 6.45) is 0. The van der Waals surface area contributed by atoms with Crippen LogP contribution < -0.4 is 16.7 Å². The van der Waals surface area contributed by atoms with Gasteiger partial charge in [0.15, 0.2) is 11.7 Å². The van der Waals surface area contributed by atoms with Gasteiger partial charge in [-0.25, -0.2) is 20.0 Å². The van der Waals surface area contributed by atoms with Crippen LogP contribution in [0.1, 0.15) is 11.1 Å². The summed E-state index contributed by atoms with van der Waals surface area (Å²) in [5.41, 5.74) is 8.25. The molecule has 10 heteroatoms. The van der Waals surface area contributed by atoms with Crippen LogP contribution in [-0.4, -0.2) is 32.1 Å². The number of hydrogen-bond donors (Lipinski definition) is 4. The first kappa shape index (κ1) is 25.4. The Morgan fingerprint density at radius 3 is 1.49 bits per heavy atom. The molecule has 0 saturated heterocycles. The number of nitrogens with zero attached hydrogens (tertiary/aromatic N) is 5. The molecule has 2 aliphatic rings. The Hall–Kier alpha value is -5.28. The molecular weight excluding hydrogens is 586 g/mol. The Bertz CT molecular complexity index is 2390. The van der Waals surface area contributed by atoms with E-state index in [1.165, 1.54) is 0 Å². The molecule has 0 unspecified atom stereocenters. The molecule has 9 nitrogen and oxygen atoms in total. The van der Waals surface area contributed by atoms with Crippen LogP contribution >= 0.6 is 0 Å². The maximum Gasteiger partial charge on any atom is 0.164 e. The van der Waals surface area contributed by atoms with Crippen LogP contribution in [0.3, 0.4) is 0 Å². The van der Waals surface area contributed by atoms with Crippen LogP contribution in [-0.2, 0) is 16.0 Å². The van der Waals surface area contributed by atoms with Gasteiger partial charge in [0.1, 0.15) is 11.0 Å². The number of aliphatic imine (C=N–C) groups is 2. The van der Waals surface area contributed by atoms with E-state index in [4.69, 9.17) is 25.3 Å². The summed E-state index contributed by atoms with van der Waals surface area (Å²) < 4.78 is 0. The van der Waals surface area contributed by atoms with E-state index in [0.717, 1.165) is 55.1 Å². The van der Waals surface area contributed by atoms with Crippen molar-refractivity contribution in [3.8, 4) is 0 Å². The number of nitrogens with two attached hydrogens (primary N) is 1. The minimum atomic E-state index is 0.312. The molecule has 0 saturated carbocycles. The van der Waals surface area contributed by atoms with Crippen molar-refractivity contribution in [3.05, 3.63) is 124 Å². The van der Waals surface area contributed by atoms with Gasteiger partial charge >= 0.3 is 27.2 Å². The first-order chi connectivity index (χ1) is 21.2. The Morgan fingerprint density at radius 2 is 0.930 bits per heavy atom. The number of aromatic amines is 3. The molecule has 2 aliphatic heterocycles. The number of rotatable bonds is 0. The van der Waals surface area contributed by atoms with E-state index >= 15 is 0 Å². The summed E-state index contributed by atoms with van der Waals surface area (Å²) in [5.74, 6) is 4.07. The maximum atomic E-state index is 5.07. The number of benzene rings is 4. The molecule has 0 atom stereocenters. The molecule has 5 N–H and O–H groups in total. The summed E-state index contributed by atoms with van der Waals surface area (Å²) in [5, 5.41) is 10.9. The number of nitrogens with one attached hydrogen (secondary N) is 3. The predicted octanol–water partition coefficient (Wildman–Crippen LogP) is 6.34. The van der Waals surface area contributed by atoms with Crippen LogP contribution in [0.25, 0.3) is 37.6 Å². The molecule has 9 rings (SSSR count). The molecule has 7 aromatic rings. The normalized spacial score (nSPS) is 14.2. The Balaban J connectivity index is 0.000000892. The van der Waals surface area contributed by atoms with E-state index in [1.807, 2.05) is 72.8 Å². The fourth-order valence-corrected chi connectivity index (χ4v) is 5.66. The van der Waals surface area contributed by atoms with Gasteiger partial charge in [-0.1, -0.05) is 97.1 Å². The molecule has 0 aliphatic carbocycles. The quantitative estimate of drug-likeness (QED) is 0.147. The fraction of sp³-hybridized carbons (Fsp3) is 0.0303. The monoisotopic (exact) mass is 608 g/mol. The van der Waals surface area contributed by atoms with Gasteiger partial charge in [-0.05, 0) is 10.8 Å². The first-order valence-electron chi connectivity index (χ1n) is 13.7. The zero-order valence-electron chi connectivity index (χ0n) is 22.6. The maximum absolute atomic E-state index is 5.07. The SMILES string of the molecule is N[CH2][Cu+].c1ccc2c(c1)C1=NC2=Nc2[nH]c(c3ccccc23)[N-]c2[nH]c(c3ccccc23)/N=c2\[nH]c(c3ccccc23)=N1. The van der Waals surface area contributed by atoms with Gasteiger partial charge in [-0.2, -0.15) is 0 Å². The van der Waals surface area contributed by atoms with Crippen LogP contribution in [0.4, 0.5) is 23.3 Å². The Kier molecular flexibility index (Phi) is 6.04. The molecule has 8 bridgehead atoms. The minimum Gasteiger partial charge on any atom is -0.398 e. The Morgan fingerprint density at radius 1 is 0.512 bits per heavy atom. The van der Waals surface area contributed by atoms with E-state index in [0.29, 0.717) is 39.7 Å². The number of amidine groups is 2. The predicted molar refractivity (Wildman–Crippen MR) is 168 cm³/mol. The molecule has 43 heavy (non-hydrogen) atoms. The van der Waals surface area contributed by atoms with Crippen LogP contribution in [0.2, 0.25) is 0 Å². The third-order valence-electron chi connectivity index (χ3n) is 7.53. The molecule has 211 valence electrons. The molecule has 5 heterocycles. The van der Waals surface area contributed by atoms with Crippen molar-refractivity contribution in [2.75, 3.05) is 5.44 Å².